The van der Waals surface area contributed by atoms with Crippen molar-refractivity contribution < 1.29 is 19.0 Å². The van der Waals surface area contributed by atoms with Crippen LogP contribution in [0.3, 0.4) is 0 Å². The first-order valence-electron chi connectivity index (χ1n) is 7.53. The fraction of sp³-hybridized carbons (Fsp3) is 0.529. The number of carbonyl (C=O) groups is 1. The molecule has 0 heterocycles. The maximum absolute atomic E-state index is 12.4. The lowest BCUT2D eigenvalue weighted by Gasteiger charge is -2.22. The highest BCUT2D eigenvalue weighted by atomic mass is 16.5. The fourth-order valence-corrected chi connectivity index (χ4v) is 2.43. The van der Waals surface area contributed by atoms with Crippen molar-refractivity contribution in [3.8, 4) is 23.3 Å². The summed E-state index contributed by atoms with van der Waals surface area (Å²) in [6.07, 6.45) is 0.294. The summed E-state index contributed by atoms with van der Waals surface area (Å²) in [4.78, 5) is 14.0. The summed E-state index contributed by atoms with van der Waals surface area (Å²) >= 11 is 0. The van der Waals surface area contributed by atoms with Crippen molar-refractivity contribution in [2.24, 2.45) is 5.92 Å². The number of rotatable bonds is 8. The van der Waals surface area contributed by atoms with Crippen LogP contribution in [0.5, 0.6) is 17.2 Å². The van der Waals surface area contributed by atoms with Crippen molar-refractivity contribution in [1.29, 1.82) is 5.26 Å². The van der Waals surface area contributed by atoms with E-state index in [1.54, 1.807) is 17.0 Å². The minimum Gasteiger partial charge on any atom is -0.493 e. The smallest absolute Gasteiger partial charge is 0.240 e. The van der Waals surface area contributed by atoms with Crippen LogP contribution in [-0.4, -0.2) is 45.2 Å². The topological polar surface area (TPSA) is 71.8 Å². The number of ether oxygens (including phenoxy) is 3. The Morgan fingerprint density at radius 3 is 2.00 bits per heavy atom. The molecule has 23 heavy (non-hydrogen) atoms. The number of methoxy groups -OCH3 is 3. The van der Waals surface area contributed by atoms with Crippen LogP contribution in [0.15, 0.2) is 12.1 Å². The number of benzene rings is 1. The highest BCUT2D eigenvalue weighted by molar-refractivity contribution is 5.81. The molecule has 0 N–H and O–H groups in total. The van der Waals surface area contributed by atoms with E-state index in [-0.39, 0.29) is 5.91 Å². The van der Waals surface area contributed by atoms with E-state index in [4.69, 9.17) is 14.2 Å². The fourth-order valence-electron chi connectivity index (χ4n) is 2.43. The van der Waals surface area contributed by atoms with E-state index >= 15 is 0 Å². The van der Waals surface area contributed by atoms with Crippen LogP contribution in [0.1, 0.15) is 19.4 Å². The van der Waals surface area contributed by atoms with Crippen LogP contribution in [0.2, 0.25) is 0 Å². The minimum atomic E-state index is -0.738. The number of hydrogen-bond acceptors (Lipinski definition) is 5. The molecule has 0 aliphatic rings. The van der Waals surface area contributed by atoms with Crippen molar-refractivity contribution in [2.45, 2.75) is 20.3 Å². The van der Waals surface area contributed by atoms with E-state index in [1.165, 1.54) is 21.3 Å². The van der Waals surface area contributed by atoms with Crippen molar-refractivity contribution in [3.05, 3.63) is 17.7 Å². The Morgan fingerprint density at radius 1 is 1.13 bits per heavy atom. The summed E-state index contributed by atoms with van der Waals surface area (Å²) in [7, 11) is 4.59. The number of hydrogen-bond donors (Lipinski definition) is 0. The van der Waals surface area contributed by atoms with Gasteiger partial charge in [0.15, 0.2) is 11.5 Å². The van der Waals surface area contributed by atoms with Crippen LogP contribution in [0.25, 0.3) is 0 Å². The zero-order valence-electron chi connectivity index (χ0n) is 14.4. The predicted octanol–water partition coefficient (Wildman–Crippen LogP) is 2.26. The van der Waals surface area contributed by atoms with Gasteiger partial charge in [-0.3, -0.25) is 4.79 Å². The van der Waals surface area contributed by atoms with Gasteiger partial charge in [0, 0.05) is 13.1 Å². The summed E-state index contributed by atoms with van der Waals surface area (Å²) in [6.45, 7) is 4.97. The third kappa shape index (κ3) is 4.28. The second kappa shape index (κ2) is 8.89. The Bertz CT molecular complexity index is 551. The predicted molar refractivity (Wildman–Crippen MR) is 86.8 cm³/mol. The lowest BCUT2D eigenvalue weighted by molar-refractivity contribution is -0.133. The molecule has 6 nitrogen and oxygen atoms in total. The molecule has 1 unspecified atom stereocenters. The van der Waals surface area contributed by atoms with Crippen LogP contribution >= 0.6 is 0 Å². The van der Waals surface area contributed by atoms with Gasteiger partial charge in [0.2, 0.25) is 11.7 Å². The van der Waals surface area contributed by atoms with Gasteiger partial charge in [-0.05, 0) is 38.0 Å². The molecule has 0 saturated heterocycles. The second-order valence-corrected chi connectivity index (χ2v) is 4.93. The molecular formula is C17H24N2O4. The van der Waals surface area contributed by atoms with E-state index in [1.807, 2.05) is 13.8 Å². The summed E-state index contributed by atoms with van der Waals surface area (Å²) in [6, 6.07) is 5.63. The number of carbonyl (C=O) groups excluding carboxylic acids is 1. The molecule has 0 aromatic heterocycles. The first-order valence-corrected chi connectivity index (χ1v) is 7.53. The van der Waals surface area contributed by atoms with Gasteiger partial charge < -0.3 is 19.1 Å². The lowest BCUT2D eigenvalue weighted by atomic mass is 9.98. The summed E-state index contributed by atoms with van der Waals surface area (Å²) in [5, 5.41) is 9.37. The molecule has 0 radical (unpaired) electrons. The molecule has 1 aromatic rings. The molecule has 1 atom stereocenters. The second-order valence-electron chi connectivity index (χ2n) is 4.93. The summed E-state index contributed by atoms with van der Waals surface area (Å²) in [5.74, 6) is 0.606. The normalized spacial score (nSPS) is 11.3. The van der Waals surface area contributed by atoms with E-state index in [9.17, 15) is 10.1 Å². The third-order valence-corrected chi connectivity index (χ3v) is 3.69. The molecule has 1 amide bonds. The Morgan fingerprint density at radius 2 is 1.65 bits per heavy atom. The molecule has 0 bridgehead atoms. The largest absolute Gasteiger partial charge is 0.493 e. The molecule has 1 aromatic carbocycles. The Hall–Kier alpha value is -2.42. The average Bonchev–Trinajstić information content (AvgIpc) is 2.59. The zero-order chi connectivity index (χ0) is 17.4. The molecule has 0 fully saturated rings. The molecular weight excluding hydrogens is 296 g/mol. The summed E-state index contributed by atoms with van der Waals surface area (Å²) in [5.41, 5.74) is 0.784. The Labute approximate surface area is 137 Å². The van der Waals surface area contributed by atoms with Crippen molar-refractivity contribution in [1.82, 2.24) is 4.90 Å². The van der Waals surface area contributed by atoms with E-state index in [0.717, 1.165) is 5.56 Å². The average molecular weight is 320 g/mol. The Balaban J connectivity index is 3.11. The molecule has 0 aliphatic heterocycles. The molecule has 1 rings (SSSR count). The minimum absolute atomic E-state index is 0.161. The van der Waals surface area contributed by atoms with Crippen molar-refractivity contribution in [2.75, 3.05) is 34.4 Å². The summed E-state index contributed by atoms with van der Waals surface area (Å²) < 4.78 is 15.9. The zero-order valence-corrected chi connectivity index (χ0v) is 14.4. The van der Waals surface area contributed by atoms with Gasteiger partial charge in [0.05, 0.1) is 27.4 Å². The van der Waals surface area contributed by atoms with Gasteiger partial charge in [-0.25, -0.2) is 0 Å². The number of nitrogens with zero attached hydrogens (tertiary/aromatic N) is 2. The monoisotopic (exact) mass is 320 g/mol. The van der Waals surface area contributed by atoms with Crippen LogP contribution in [0, 0.1) is 17.2 Å². The van der Waals surface area contributed by atoms with E-state index in [2.05, 4.69) is 6.07 Å². The van der Waals surface area contributed by atoms with E-state index < -0.39 is 5.92 Å². The molecule has 0 aliphatic carbocycles. The van der Waals surface area contributed by atoms with Crippen molar-refractivity contribution >= 4 is 5.91 Å². The van der Waals surface area contributed by atoms with Crippen LogP contribution in [0.4, 0.5) is 0 Å². The number of amides is 1. The van der Waals surface area contributed by atoms with Gasteiger partial charge in [-0.2, -0.15) is 5.26 Å². The SMILES string of the molecule is CCN(CC)C(=O)C(C#N)Cc1cc(OC)c(OC)c(OC)c1. The standard InChI is InChI=1S/C17H24N2O4/c1-6-19(7-2)17(20)13(11-18)8-12-9-14(21-3)16(23-5)15(10-12)22-4/h9-10,13H,6-8H2,1-5H3. The van der Waals surface area contributed by atoms with Gasteiger partial charge in [-0.1, -0.05) is 0 Å². The highest BCUT2D eigenvalue weighted by Crippen LogP contribution is 2.38. The van der Waals surface area contributed by atoms with Gasteiger partial charge in [0.1, 0.15) is 5.92 Å². The number of nitriles is 1. The van der Waals surface area contributed by atoms with Crippen molar-refractivity contribution in [3.63, 3.8) is 0 Å². The molecule has 0 saturated carbocycles. The Kier molecular flexibility index (Phi) is 7.20. The highest BCUT2D eigenvalue weighted by Gasteiger charge is 2.24. The quantitative estimate of drug-likeness (QED) is 0.735. The molecule has 126 valence electrons. The van der Waals surface area contributed by atoms with Gasteiger partial charge in [0.25, 0.3) is 0 Å². The van der Waals surface area contributed by atoms with Gasteiger partial charge >= 0.3 is 0 Å². The first kappa shape index (κ1) is 18.6. The molecule has 6 heteroatoms. The van der Waals surface area contributed by atoms with Gasteiger partial charge in [-0.15, -0.1) is 0 Å². The maximum Gasteiger partial charge on any atom is 0.240 e. The van der Waals surface area contributed by atoms with Crippen LogP contribution < -0.4 is 14.2 Å². The maximum atomic E-state index is 12.4. The lowest BCUT2D eigenvalue weighted by Crippen LogP contribution is -2.36. The van der Waals surface area contributed by atoms with E-state index in [0.29, 0.717) is 36.8 Å². The third-order valence-electron chi connectivity index (χ3n) is 3.69. The first-order chi connectivity index (χ1) is 11.1. The van der Waals surface area contributed by atoms with Crippen LogP contribution in [-0.2, 0) is 11.2 Å². The molecule has 0 spiro atoms.